The lowest BCUT2D eigenvalue weighted by molar-refractivity contribution is 0.0896. The summed E-state index contributed by atoms with van der Waals surface area (Å²) in [5, 5.41) is 11.9. The number of aliphatic hydroxyl groups is 1. The second-order valence-corrected chi connectivity index (χ2v) is 4.26. The van der Waals surface area contributed by atoms with E-state index in [1.165, 1.54) is 6.20 Å². The number of rotatable bonds is 4. The van der Waals surface area contributed by atoms with Gasteiger partial charge in [-0.1, -0.05) is 13.8 Å². The molecule has 0 bridgehead atoms. The molecule has 0 aromatic carbocycles. The van der Waals surface area contributed by atoms with Crippen LogP contribution < -0.4 is 5.32 Å². The molecule has 2 N–H and O–H groups in total. The monoisotopic (exact) mass is 222 g/mol. The summed E-state index contributed by atoms with van der Waals surface area (Å²) in [6.07, 6.45) is 3.22. The highest BCUT2D eigenvalue weighted by atomic mass is 16.3. The van der Waals surface area contributed by atoms with Crippen molar-refractivity contribution in [1.82, 2.24) is 10.3 Å². The van der Waals surface area contributed by atoms with E-state index < -0.39 is 0 Å². The molecule has 4 heteroatoms. The second kappa shape index (κ2) is 5.61. The number of nitrogens with one attached hydrogen (secondary N) is 1. The fourth-order valence-corrected chi connectivity index (χ4v) is 1.35. The van der Waals surface area contributed by atoms with Gasteiger partial charge in [0, 0.05) is 12.4 Å². The van der Waals surface area contributed by atoms with Gasteiger partial charge < -0.3 is 10.4 Å². The highest BCUT2D eigenvalue weighted by molar-refractivity contribution is 5.94. The Labute approximate surface area is 95.7 Å². The van der Waals surface area contributed by atoms with Crippen molar-refractivity contribution in [2.24, 2.45) is 5.92 Å². The molecule has 1 heterocycles. The third-order valence-electron chi connectivity index (χ3n) is 2.46. The molecule has 88 valence electrons. The standard InChI is InChI=1S/C12H18N2O2/c1-8(2)11(7-15)14-12(16)10-4-9(3)5-13-6-10/h4-6,8,11,15H,7H2,1-3H3,(H,14,16). The maximum atomic E-state index is 11.8. The number of carbonyl (C=O) groups excluding carboxylic acids is 1. The maximum absolute atomic E-state index is 11.8. The lowest BCUT2D eigenvalue weighted by atomic mass is 10.0. The van der Waals surface area contributed by atoms with Gasteiger partial charge in [0.15, 0.2) is 0 Å². The van der Waals surface area contributed by atoms with Crippen molar-refractivity contribution in [3.8, 4) is 0 Å². The fraction of sp³-hybridized carbons (Fsp3) is 0.500. The Kier molecular flexibility index (Phi) is 4.43. The molecule has 1 atom stereocenters. The zero-order valence-electron chi connectivity index (χ0n) is 9.90. The van der Waals surface area contributed by atoms with Crippen LogP contribution in [0.1, 0.15) is 29.8 Å². The van der Waals surface area contributed by atoms with Gasteiger partial charge in [0.25, 0.3) is 5.91 Å². The van der Waals surface area contributed by atoms with Crippen LogP contribution in [0.15, 0.2) is 18.5 Å². The van der Waals surface area contributed by atoms with Crippen LogP contribution in [0.2, 0.25) is 0 Å². The average Bonchev–Trinajstić information content (AvgIpc) is 2.25. The molecule has 0 aliphatic rings. The van der Waals surface area contributed by atoms with Crippen molar-refractivity contribution in [2.75, 3.05) is 6.61 Å². The Morgan fingerprint density at radius 2 is 2.19 bits per heavy atom. The van der Waals surface area contributed by atoms with Crippen molar-refractivity contribution < 1.29 is 9.90 Å². The highest BCUT2D eigenvalue weighted by Crippen LogP contribution is 2.05. The van der Waals surface area contributed by atoms with Crippen LogP contribution in [0, 0.1) is 12.8 Å². The van der Waals surface area contributed by atoms with E-state index >= 15 is 0 Å². The second-order valence-electron chi connectivity index (χ2n) is 4.26. The van der Waals surface area contributed by atoms with Gasteiger partial charge in [-0.2, -0.15) is 0 Å². The molecule has 1 aromatic rings. The molecule has 1 rings (SSSR count). The predicted molar refractivity (Wildman–Crippen MR) is 62.2 cm³/mol. The van der Waals surface area contributed by atoms with Crippen LogP contribution >= 0.6 is 0 Å². The fourth-order valence-electron chi connectivity index (χ4n) is 1.35. The van der Waals surface area contributed by atoms with Crippen LogP contribution in [-0.2, 0) is 0 Å². The molecule has 4 nitrogen and oxygen atoms in total. The average molecular weight is 222 g/mol. The van der Waals surface area contributed by atoms with Gasteiger partial charge >= 0.3 is 0 Å². The van der Waals surface area contributed by atoms with Crippen LogP contribution in [0.25, 0.3) is 0 Å². The molecule has 1 unspecified atom stereocenters. The summed E-state index contributed by atoms with van der Waals surface area (Å²) in [4.78, 5) is 15.8. The van der Waals surface area contributed by atoms with E-state index in [0.29, 0.717) is 5.56 Å². The Morgan fingerprint density at radius 1 is 1.50 bits per heavy atom. The number of hydrogen-bond acceptors (Lipinski definition) is 3. The Balaban J connectivity index is 2.72. The van der Waals surface area contributed by atoms with Gasteiger partial charge in [0.05, 0.1) is 18.2 Å². The van der Waals surface area contributed by atoms with E-state index in [4.69, 9.17) is 5.11 Å². The number of pyridine rings is 1. The van der Waals surface area contributed by atoms with Crippen LogP contribution in [0.4, 0.5) is 0 Å². The van der Waals surface area contributed by atoms with E-state index in [1.54, 1.807) is 12.3 Å². The molecule has 1 amide bonds. The molecule has 0 fully saturated rings. The van der Waals surface area contributed by atoms with E-state index in [2.05, 4.69) is 10.3 Å². The van der Waals surface area contributed by atoms with Gasteiger partial charge in [-0.25, -0.2) is 0 Å². The summed E-state index contributed by atoms with van der Waals surface area (Å²) in [5.41, 5.74) is 1.47. The molecular weight excluding hydrogens is 204 g/mol. The first kappa shape index (κ1) is 12.6. The number of amides is 1. The van der Waals surface area contributed by atoms with Gasteiger partial charge in [-0.05, 0) is 24.5 Å². The van der Waals surface area contributed by atoms with Crippen molar-refractivity contribution in [1.29, 1.82) is 0 Å². The summed E-state index contributed by atoms with van der Waals surface area (Å²) in [6.45, 7) is 5.74. The topological polar surface area (TPSA) is 62.2 Å². The van der Waals surface area contributed by atoms with E-state index in [-0.39, 0.29) is 24.5 Å². The molecule has 16 heavy (non-hydrogen) atoms. The van der Waals surface area contributed by atoms with Crippen LogP contribution in [-0.4, -0.2) is 28.6 Å². The summed E-state index contributed by atoms with van der Waals surface area (Å²) < 4.78 is 0. The number of aromatic nitrogens is 1. The Morgan fingerprint density at radius 3 is 2.69 bits per heavy atom. The maximum Gasteiger partial charge on any atom is 0.253 e. The van der Waals surface area contributed by atoms with E-state index in [9.17, 15) is 4.79 Å². The first-order chi connectivity index (χ1) is 7.54. The van der Waals surface area contributed by atoms with Gasteiger partial charge in [-0.3, -0.25) is 9.78 Å². The van der Waals surface area contributed by atoms with E-state index in [0.717, 1.165) is 5.56 Å². The molecule has 0 spiro atoms. The van der Waals surface area contributed by atoms with Crippen molar-refractivity contribution in [2.45, 2.75) is 26.8 Å². The van der Waals surface area contributed by atoms with Gasteiger partial charge in [0.1, 0.15) is 0 Å². The summed E-state index contributed by atoms with van der Waals surface area (Å²) in [7, 11) is 0. The minimum absolute atomic E-state index is 0.0529. The van der Waals surface area contributed by atoms with Crippen molar-refractivity contribution in [3.63, 3.8) is 0 Å². The minimum atomic E-state index is -0.215. The van der Waals surface area contributed by atoms with Crippen LogP contribution in [0.5, 0.6) is 0 Å². The summed E-state index contributed by atoms with van der Waals surface area (Å²) >= 11 is 0. The molecular formula is C12H18N2O2. The van der Waals surface area contributed by atoms with Gasteiger partial charge in [0.2, 0.25) is 0 Å². The number of nitrogens with zero attached hydrogens (tertiary/aromatic N) is 1. The molecule has 0 aliphatic carbocycles. The van der Waals surface area contributed by atoms with Gasteiger partial charge in [-0.15, -0.1) is 0 Å². The first-order valence-corrected chi connectivity index (χ1v) is 5.38. The summed E-state index contributed by atoms with van der Waals surface area (Å²) in [6, 6.07) is 1.56. The molecule has 0 saturated carbocycles. The predicted octanol–water partition coefficient (Wildman–Crippen LogP) is 1.14. The number of hydrogen-bond donors (Lipinski definition) is 2. The lowest BCUT2D eigenvalue weighted by Crippen LogP contribution is -2.41. The normalized spacial score (nSPS) is 12.6. The Bertz CT molecular complexity index is 364. The highest BCUT2D eigenvalue weighted by Gasteiger charge is 2.16. The van der Waals surface area contributed by atoms with Crippen molar-refractivity contribution in [3.05, 3.63) is 29.6 Å². The number of carbonyl (C=O) groups is 1. The van der Waals surface area contributed by atoms with E-state index in [1.807, 2.05) is 20.8 Å². The molecule has 0 aliphatic heterocycles. The zero-order valence-corrected chi connectivity index (χ0v) is 9.90. The minimum Gasteiger partial charge on any atom is -0.394 e. The largest absolute Gasteiger partial charge is 0.394 e. The van der Waals surface area contributed by atoms with Crippen molar-refractivity contribution >= 4 is 5.91 Å². The smallest absolute Gasteiger partial charge is 0.253 e. The number of aryl methyl sites for hydroxylation is 1. The first-order valence-electron chi connectivity index (χ1n) is 5.38. The molecule has 0 saturated heterocycles. The Hall–Kier alpha value is -1.42. The molecule has 1 aromatic heterocycles. The zero-order chi connectivity index (χ0) is 12.1. The number of aliphatic hydroxyl groups excluding tert-OH is 1. The molecule has 0 radical (unpaired) electrons. The third kappa shape index (κ3) is 3.31. The SMILES string of the molecule is Cc1cncc(C(=O)NC(CO)C(C)C)c1. The van der Waals surface area contributed by atoms with Crippen LogP contribution in [0.3, 0.4) is 0 Å². The quantitative estimate of drug-likeness (QED) is 0.803. The lowest BCUT2D eigenvalue weighted by Gasteiger charge is -2.19. The summed E-state index contributed by atoms with van der Waals surface area (Å²) in [5.74, 6) is 0.00988. The third-order valence-corrected chi connectivity index (χ3v) is 2.46.